The van der Waals surface area contributed by atoms with Crippen LogP contribution in [0.4, 0.5) is 0 Å². The summed E-state index contributed by atoms with van der Waals surface area (Å²) in [6.45, 7) is 1.91. The average Bonchev–Trinajstić information content (AvgIpc) is 3.18. The van der Waals surface area contributed by atoms with Gasteiger partial charge in [0.05, 0.1) is 30.6 Å². The number of hydrogen-bond acceptors (Lipinski definition) is 5. The van der Waals surface area contributed by atoms with Crippen LogP contribution in [0.3, 0.4) is 0 Å². The highest BCUT2D eigenvalue weighted by molar-refractivity contribution is 7.09. The molecule has 0 spiro atoms. The monoisotopic (exact) mass is 292 g/mol. The van der Waals surface area contributed by atoms with Crippen LogP contribution in [0.15, 0.2) is 17.8 Å². The molecule has 1 aliphatic heterocycles. The van der Waals surface area contributed by atoms with Crippen molar-refractivity contribution in [3.8, 4) is 0 Å². The van der Waals surface area contributed by atoms with Gasteiger partial charge in [-0.25, -0.2) is 4.98 Å². The van der Waals surface area contributed by atoms with E-state index in [1.54, 1.807) is 35.7 Å². The molecule has 6 nitrogen and oxygen atoms in total. The second kappa shape index (κ2) is 5.72. The van der Waals surface area contributed by atoms with E-state index in [-0.39, 0.29) is 11.8 Å². The normalized spacial score (nSPS) is 18.4. The Morgan fingerprint density at radius 2 is 2.55 bits per heavy atom. The molecule has 7 heteroatoms. The summed E-state index contributed by atoms with van der Waals surface area (Å²) in [5, 5.41) is 9.81. The van der Waals surface area contributed by atoms with E-state index >= 15 is 0 Å². The lowest BCUT2D eigenvalue weighted by Crippen LogP contribution is -2.27. The van der Waals surface area contributed by atoms with Gasteiger partial charge >= 0.3 is 0 Å². The number of nitrogens with zero attached hydrogens (tertiary/aromatic N) is 3. The van der Waals surface area contributed by atoms with E-state index in [2.05, 4.69) is 15.2 Å². The molecule has 2 aromatic rings. The van der Waals surface area contributed by atoms with Gasteiger partial charge in [-0.15, -0.1) is 11.3 Å². The highest BCUT2D eigenvalue weighted by Gasteiger charge is 2.26. The molecule has 0 aromatic carbocycles. The summed E-state index contributed by atoms with van der Waals surface area (Å²) in [5.41, 5.74) is 1.53. The van der Waals surface area contributed by atoms with Crippen LogP contribution in [0.5, 0.6) is 0 Å². The number of hydrogen-bond donors (Lipinski definition) is 1. The number of aromatic nitrogens is 3. The van der Waals surface area contributed by atoms with Gasteiger partial charge < -0.3 is 9.64 Å². The highest BCUT2D eigenvalue weighted by Crippen LogP contribution is 2.26. The maximum absolute atomic E-state index is 12.5. The number of ether oxygens (including phenoxy) is 1. The zero-order valence-corrected chi connectivity index (χ0v) is 12.0. The van der Waals surface area contributed by atoms with Crippen molar-refractivity contribution in [3.05, 3.63) is 34.0 Å². The van der Waals surface area contributed by atoms with Crippen molar-refractivity contribution in [2.75, 3.05) is 20.3 Å². The quantitative estimate of drug-likeness (QED) is 0.930. The first kappa shape index (κ1) is 13.3. The fourth-order valence-corrected chi connectivity index (χ4v) is 3.02. The van der Waals surface area contributed by atoms with Crippen LogP contribution in [0.25, 0.3) is 0 Å². The fraction of sp³-hybridized carbons (Fsp3) is 0.462. The SMILES string of the molecule is CN(Cc1nccs1)C(=O)c1cn[nH]c1[C@@H]1CCOC1. The molecule has 106 valence electrons. The molecule has 20 heavy (non-hydrogen) atoms. The number of rotatable bonds is 4. The molecule has 0 saturated carbocycles. The van der Waals surface area contributed by atoms with Gasteiger partial charge in [0.25, 0.3) is 5.91 Å². The van der Waals surface area contributed by atoms with E-state index in [9.17, 15) is 4.79 Å². The molecule has 0 bridgehead atoms. The van der Waals surface area contributed by atoms with E-state index < -0.39 is 0 Å². The number of carbonyl (C=O) groups excluding carboxylic acids is 1. The molecule has 1 N–H and O–H groups in total. The van der Waals surface area contributed by atoms with Crippen molar-refractivity contribution in [1.82, 2.24) is 20.1 Å². The van der Waals surface area contributed by atoms with Crippen LogP contribution >= 0.6 is 11.3 Å². The third kappa shape index (κ3) is 2.59. The van der Waals surface area contributed by atoms with Crippen LogP contribution in [0.2, 0.25) is 0 Å². The summed E-state index contributed by atoms with van der Waals surface area (Å²) in [6, 6.07) is 0. The Bertz CT molecular complexity index is 575. The van der Waals surface area contributed by atoms with Crippen LogP contribution in [0, 0.1) is 0 Å². The summed E-state index contributed by atoms with van der Waals surface area (Å²) in [4.78, 5) is 18.4. The predicted octanol–water partition coefficient (Wildman–Crippen LogP) is 1.64. The summed E-state index contributed by atoms with van der Waals surface area (Å²) in [7, 11) is 1.78. The maximum atomic E-state index is 12.5. The first-order valence-corrected chi connectivity index (χ1v) is 7.38. The van der Waals surface area contributed by atoms with E-state index in [0.717, 1.165) is 23.7 Å². The zero-order chi connectivity index (χ0) is 13.9. The fourth-order valence-electron chi connectivity index (χ4n) is 2.35. The number of H-pyrrole nitrogens is 1. The minimum atomic E-state index is -0.0316. The van der Waals surface area contributed by atoms with Crippen molar-refractivity contribution in [3.63, 3.8) is 0 Å². The molecule has 1 amide bonds. The second-order valence-corrected chi connectivity index (χ2v) is 5.82. The predicted molar refractivity (Wildman–Crippen MR) is 74.7 cm³/mol. The molecular weight excluding hydrogens is 276 g/mol. The topological polar surface area (TPSA) is 71.1 Å². The number of nitrogens with one attached hydrogen (secondary N) is 1. The lowest BCUT2D eigenvalue weighted by Gasteiger charge is -2.16. The molecule has 0 aliphatic carbocycles. The van der Waals surface area contributed by atoms with E-state index in [1.807, 2.05) is 5.38 Å². The summed E-state index contributed by atoms with van der Waals surface area (Å²) in [6.07, 6.45) is 4.28. The van der Waals surface area contributed by atoms with Crippen LogP contribution in [-0.2, 0) is 11.3 Å². The van der Waals surface area contributed by atoms with E-state index in [4.69, 9.17) is 4.74 Å². The smallest absolute Gasteiger partial charge is 0.257 e. The van der Waals surface area contributed by atoms with E-state index in [0.29, 0.717) is 18.7 Å². The molecule has 1 saturated heterocycles. The Labute approximate surface area is 120 Å². The second-order valence-electron chi connectivity index (χ2n) is 4.84. The van der Waals surface area contributed by atoms with Crippen LogP contribution in [-0.4, -0.2) is 46.2 Å². The van der Waals surface area contributed by atoms with Crippen molar-refractivity contribution in [2.24, 2.45) is 0 Å². The largest absolute Gasteiger partial charge is 0.381 e. The Hall–Kier alpha value is -1.73. The van der Waals surface area contributed by atoms with E-state index in [1.165, 1.54) is 0 Å². The molecule has 1 aliphatic rings. The number of amides is 1. The summed E-state index contributed by atoms with van der Waals surface area (Å²) >= 11 is 1.55. The molecular formula is C13H16N4O2S. The van der Waals surface area contributed by atoms with Gasteiger partial charge in [-0.3, -0.25) is 9.89 Å². The Kier molecular flexibility index (Phi) is 3.79. The third-order valence-corrected chi connectivity index (χ3v) is 4.20. The number of thiazole rings is 1. The maximum Gasteiger partial charge on any atom is 0.257 e. The number of aromatic amines is 1. The Balaban J connectivity index is 1.75. The van der Waals surface area contributed by atoms with Gasteiger partial charge in [-0.2, -0.15) is 5.10 Å². The highest BCUT2D eigenvalue weighted by atomic mass is 32.1. The van der Waals surface area contributed by atoms with Crippen molar-refractivity contribution in [2.45, 2.75) is 18.9 Å². The van der Waals surface area contributed by atoms with Crippen LogP contribution < -0.4 is 0 Å². The van der Waals surface area contributed by atoms with Gasteiger partial charge in [0.2, 0.25) is 0 Å². The molecule has 1 fully saturated rings. The first-order valence-electron chi connectivity index (χ1n) is 6.50. The lowest BCUT2D eigenvalue weighted by molar-refractivity contribution is 0.0783. The van der Waals surface area contributed by atoms with Gasteiger partial charge in [0.15, 0.2) is 0 Å². The molecule has 1 atom stereocenters. The molecule has 3 rings (SSSR count). The molecule has 2 aromatic heterocycles. The van der Waals surface area contributed by atoms with Crippen molar-refractivity contribution < 1.29 is 9.53 Å². The van der Waals surface area contributed by atoms with Crippen molar-refractivity contribution >= 4 is 17.2 Å². The van der Waals surface area contributed by atoms with Gasteiger partial charge in [0.1, 0.15) is 5.01 Å². The van der Waals surface area contributed by atoms with Gasteiger partial charge in [-0.05, 0) is 6.42 Å². The lowest BCUT2D eigenvalue weighted by atomic mass is 10.0. The standard InChI is InChI=1S/C13H16N4O2S/c1-17(7-11-14-3-5-20-11)13(18)10-6-15-16-12(10)9-2-4-19-8-9/h3,5-6,9H,2,4,7-8H2,1H3,(H,15,16)/t9-/m1/s1. The molecule has 0 unspecified atom stereocenters. The molecule has 3 heterocycles. The minimum absolute atomic E-state index is 0.0316. The Morgan fingerprint density at radius 3 is 3.25 bits per heavy atom. The minimum Gasteiger partial charge on any atom is -0.381 e. The Morgan fingerprint density at radius 1 is 1.65 bits per heavy atom. The summed E-state index contributed by atoms with van der Waals surface area (Å²) in [5.74, 6) is 0.209. The molecule has 0 radical (unpaired) electrons. The van der Waals surface area contributed by atoms with Gasteiger partial charge in [0, 0.05) is 31.1 Å². The van der Waals surface area contributed by atoms with Crippen LogP contribution in [0.1, 0.15) is 33.4 Å². The zero-order valence-electron chi connectivity index (χ0n) is 11.2. The third-order valence-electron chi connectivity index (χ3n) is 3.44. The number of carbonyl (C=O) groups is 1. The van der Waals surface area contributed by atoms with Gasteiger partial charge in [-0.1, -0.05) is 0 Å². The first-order chi connectivity index (χ1) is 9.75. The summed E-state index contributed by atoms with van der Waals surface area (Å²) < 4.78 is 5.38. The van der Waals surface area contributed by atoms with Crippen molar-refractivity contribution in [1.29, 1.82) is 0 Å². The average molecular weight is 292 g/mol.